The third-order valence-corrected chi connectivity index (χ3v) is 1.89. The minimum Gasteiger partial charge on any atom is -0.273 e. The third-order valence-electron chi connectivity index (χ3n) is 1.89. The van der Waals surface area contributed by atoms with Crippen LogP contribution in [0.3, 0.4) is 0 Å². The van der Waals surface area contributed by atoms with Crippen molar-refractivity contribution in [1.29, 1.82) is 0 Å². The SMILES string of the molecule is CCCC1=CC[C-]=C1.C[Si](C)=[Zr+2].[C-]1=CC=CC1. The molecule has 0 atom stereocenters. The van der Waals surface area contributed by atoms with Gasteiger partial charge >= 0.3 is 41.9 Å². The van der Waals surface area contributed by atoms with Crippen LogP contribution in [0.2, 0.25) is 13.1 Å². The van der Waals surface area contributed by atoms with Crippen LogP contribution in [-0.4, -0.2) is 5.43 Å². The van der Waals surface area contributed by atoms with Gasteiger partial charge in [-0.25, -0.2) is 23.8 Å². The first kappa shape index (κ1) is 17.1. The van der Waals surface area contributed by atoms with E-state index < -0.39 is 0 Å². The quantitative estimate of drug-likeness (QED) is 0.516. The summed E-state index contributed by atoms with van der Waals surface area (Å²) >= 11 is 1.74. The first-order chi connectivity index (χ1) is 8.16. The molecule has 0 aromatic carbocycles. The molecule has 0 heterocycles. The Morgan fingerprint density at radius 1 is 1.29 bits per heavy atom. The molecule has 0 bridgehead atoms. The molecule has 0 aromatic rings. The van der Waals surface area contributed by atoms with Crippen molar-refractivity contribution in [3.8, 4) is 0 Å². The van der Waals surface area contributed by atoms with Crippen LogP contribution in [0.25, 0.3) is 0 Å². The molecule has 2 heteroatoms. The van der Waals surface area contributed by atoms with Crippen molar-refractivity contribution >= 4 is 5.43 Å². The summed E-state index contributed by atoms with van der Waals surface area (Å²) in [5.41, 5.74) is 1.68. The topological polar surface area (TPSA) is 0 Å². The maximum atomic E-state index is 3.14. The van der Waals surface area contributed by atoms with Gasteiger partial charge in [0.05, 0.1) is 0 Å². The molecule has 0 aromatic heterocycles. The summed E-state index contributed by atoms with van der Waals surface area (Å²) in [6, 6.07) is 0. The maximum absolute atomic E-state index is 3.14. The van der Waals surface area contributed by atoms with E-state index in [1.807, 2.05) is 12.2 Å². The second kappa shape index (κ2) is 12.5. The zero-order valence-corrected chi connectivity index (χ0v) is 14.7. The van der Waals surface area contributed by atoms with E-state index in [0.717, 1.165) is 12.8 Å². The minimum absolute atomic E-state index is 0.210. The molecule has 2 aliphatic carbocycles. The summed E-state index contributed by atoms with van der Waals surface area (Å²) in [6.07, 6.45) is 21.0. The van der Waals surface area contributed by atoms with Crippen molar-refractivity contribution in [2.45, 2.75) is 45.7 Å². The molecule has 2 aliphatic rings. The Kier molecular flexibility index (Phi) is 12.6. The van der Waals surface area contributed by atoms with Crippen molar-refractivity contribution < 1.29 is 23.3 Å². The van der Waals surface area contributed by atoms with Gasteiger partial charge in [0.2, 0.25) is 0 Å². The number of hydrogen-bond donors (Lipinski definition) is 0. The first-order valence-corrected chi connectivity index (χ1v) is 12.3. The molecule has 0 spiro atoms. The Morgan fingerprint density at radius 3 is 2.29 bits per heavy atom. The van der Waals surface area contributed by atoms with Crippen molar-refractivity contribution in [3.05, 3.63) is 48.1 Å². The molecule has 17 heavy (non-hydrogen) atoms. The van der Waals surface area contributed by atoms with Crippen molar-refractivity contribution in [2.24, 2.45) is 0 Å². The number of hydrogen-bond acceptors (Lipinski definition) is 0. The zero-order valence-electron chi connectivity index (χ0n) is 11.2. The monoisotopic (exact) mass is 320 g/mol. The van der Waals surface area contributed by atoms with Crippen LogP contribution in [0.1, 0.15) is 32.6 Å². The van der Waals surface area contributed by atoms with E-state index in [1.54, 1.807) is 23.3 Å². The number of allylic oxidation sites excluding steroid dienone is 8. The van der Waals surface area contributed by atoms with E-state index in [4.69, 9.17) is 0 Å². The van der Waals surface area contributed by atoms with E-state index in [1.165, 1.54) is 18.4 Å². The molecule has 0 amide bonds. The van der Waals surface area contributed by atoms with E-state index in [9.17, 15) is 0 Å². The zero-order chi connectivity index (χ0) is 12.9. The Hall–Kier alpha value is 0.0600. The molecule has 0 nitrogen and oxygen atoms in total. The fourth-order valence-corrected chi connectivity index (χ4v) is 1.24. The summed E-state index contributed by atoms with van der Waals surface area (Å²) in [5, 5.41) is 0. The summed E-state index contributed by atoms with van der Waals surface area (Å²) < 4.78 is 0. The third kappa shape index (κ3) is 14.0. The predicted molar refractivity (Wildman–Crippen MR) is 74.5 cm³/mol. The predicted octanol–water partition coefficient (Wildman–Crippen LogP) is 4.57. The van der Waals surface area contributed by atoms with Gasteiger partial charge in [0.1, 0.15) is 0 Å². The molecule has 90 valence electrons. The Morgan fingerprint density at radius 2 is 2.00 bits per heavy atom. The molecular weight excluding hydrogens is 299 g/mol. The molecule has 0 aliphatic heterocycles. The van der Waals surface area contributed by atoms with Gasteiger partial charge in [-0.1, -0.05) is 19.8 Å². The molecule has 0 radical (unpaired) electrons. The van der Waals surface area contributed by atoms with Gasteiger partial charge < -0.3 is 0 Å². The Bertz CT molecular complexity index is 308. The molecule has 0 unspecified atom stereocenters. The first-order valence-electron chi connectivity index (χ1n) is 6.16. The molecule has 0 N–H and O–H groups in total. The van der Waals surface area contributed by atoms with E-state index >= 15 is 0 Å². The second-order valence-electron chi connectivity index (χ2n) is 4.08. The largest absolute Gasteiger partial charge is 0.273 e. The molecule has 0 fully saturated rings. The van der Waals surface area contributed by atoms with Crippen molar-refractivity contribution in [3.63, 3.8) is 0 Å². The van der Waals surface area contributed by atoms with Crippen LogP contribution in [0.5, 0.6) is 0 Å². The van der Waals surface area contributed by atoms with E-state index in [-0.39, 0.29) is 5.43 Å². The van der Waals surface area contributed by atoms with Crippen molar-refractivity contribution in [2.75, 3.05) is 0 Å². The summed E-state index contributed by atoms with van der Waals surface area (Å²) in [4.78, 5) is 0. The smallest absolute Gasteiger partial charge is 0.109 e. The average molecular weight is 322 g/mol. The molecular formula is C15H22SiZr. The molecule has 0 saturated carbocycles. The van der Waals surface area contributed by atoms with E-state index in [2.05, 4.69) is 50.4 Å². The van der Waals surface area contributed by atoms with Crippen LogP contribution in [0.15, 0.2) is 36.0 Å². The molecule has 2 rings (SSSR count). The van der Waals surface area contributed by atoms with Gasteiger partial charge in [-0.3, -0.25) is 12.2 Å². The van der Waals surface area contributed by atoms with Gasteiger partial charge in [-0.15, -0.1) is 12.8 Å². The van der Waals surface area contributed by atoms with Crippen LogP contribution < -0.4 is 0 Å². The average Bonchev–Trinajstić information content (AvgIpc) is 2.92. The van der Waals surface area contributed by atoms with Crippen LogP contribution >= 0.6 is 0 Å². The standard InChI is InChI=1S/C8H11.C5H5.C2H6Si.Zr/c1-2-5-8-6-3-4-7-8;1-2-4-5-3-1;1-3-2;/h6-7H,2-3,5H2,1H3;1-3H,4H2;1-2H3;/q2*-1;;+2. The second-order valence-corrected chi connectivity index (χ2v) is 13.5. The van der Waals surface area contributed by atoms with Gasteiger partial charge in [0.25, 0.3) is 0 Å². The minimum atomic E-state index is 0.210. The Balaban J connectivity index is 0.000000246. The van der Waals surface area contributed by atoms with E-state index in [0.29, 0.717) is 0 Å². The Labute approximate surface area is 122 Å². The van der Waals surface area contributed by atoms with Gasteiger partial charge in [0, 0.05) is 0 Å². The summed E-state index contributed by atoms with van der Waals surface area (Å²) in [7, 11) is 0. The summed E-state index contributed by atoms with van der Waals surface area (Å²) in [5.74, 6) is 0. The van der Waals surface area contributed by atoms with Gasteiger partial charge in [-0.2, -0.15) is 12.2 Å². The fourth-order valence-electron chi connectivity index (χ4n) is 1.24. The molecule has 0 saturated heterocycles. The van der Waals surface area contributed by atoms with Gasteiger partial charge in [0.15, 0.2) is 0 Å². The number of rotatable bonds is 2. The van der Waals surface area contributed by atoms with Gasteiger partial charge in [-0.05, 0) is 0 Å². The van der Waals surface area contributed by atoms with Crippen molar-refractivity contribution in [1.82, 2.24) is 0 Å². The fraction of sp³-hybridized carbons (Fsp3) is 0.467. The normalized spacial score (nSPS) is 14.8. The van der Waals surface area contributed by atoms with Crippen LogP contribution in [0.4, 0.5) is 0 Å². The van der Waals surface area contributed by atoms with Crippen LogP contribution in [-0.2, 0) is 23.3 Å². The van der Waals surface area contributed by atoms with Crippen LogP contribution in [0, 0.1) is 12.2 Å². The summed E-state index contributed by atoms with van der Waals surface area (Å²) in [6.45, 7) is 6.82. The maximum Gasteiger partial charge on any atom is -0.109 e.